The zero-order valence-corrected chi connectivity index (χ0v) is 33.5. The van der Waals surface area contributed by atoms with E-state index in [2.05, 4.69) is 40.1 Å². The molecule has 0 radical (unpaired) electrons. The van der Waals surface area contributed by atoms with Gasteiger partial charge in [0.05, 0.1) is 10.3 Å². The van der Waals surface area contributed by atoms with Crippen LogP contribution in [0.2, 0.25) is 0 Å². The number of amides is 2. The SMILES string of the molecule is CS(=O)(=O)c1ccc(CN2CCC3(CCN(CC4CN(C(=O)C5CCCCCC5)CC4c4ccccc4)CC3)C2=O)cc1.O=C1CCCC12CCCCC2. The fourth-order valence-corrected chi connectivity index (χ4v) is 11.5. The standard InChI is InChI=1S/C35H47N3O4S.C10H16O/c1-43(41,42)31-15-13-27(14-16-31)23-37-22-19-35(34(37)40)17-20-36(21-18-35)24-30-25-38(26-32(30)28-9-7-4-8-10-28)33(39)29-11-5-2-3-6-12-29;11-9-5-4-8-10(9)6-2-1-3-7-10/h4,7-10,13-16,29-30,32H,2-3,5-6,11-12,17-26H2,1H3;1-8H2. The van der Waals surface area contributed by atoms with Gasteiger partial charge in [0.1, 0.15) is 5.78 Å². The Morgan fingerprint density at radius 1 is 0.722 bits per heavy atom. The first-order chi connectivity index (χ1) is 26.1. The zero-order valence-electron chi connectivity index (χ0n) is 32.7. The van der Waals surface area contributed by atoms with E-state index in [1.165, 1.54) is 82.4 Å². The van der Waals surface area contributed by atoms with Gasteiger partial charge < -0.3 is 14.7 Å². The van der Waals surface area contributed by atoms with Crippen molar-refractivity contribution in [2.45, 2.75) is 127 Å². The van der Waals surface area contributed by atoms with E-state index in [4.69, 9.17) is 0 Å². The number of hydrogen-bond acceptors (Lipinski definition) is 6. The minimum absolute atomic E-state index is 0.193. The monoisotopic (exact) mass is 757 g/mol. The first-order valence-corrected chi connectivity index (χ1v) is 23.1. The van der Waals surface area contributed by atoms with Crippen LogP contribution in [0.15, 0.2) is 59.5 Å². The van der Waals surface area contributed by atoms with E-state index < -0.39 is 9.84 Å². The maximum absolute atomic E-state index is 13.7. The molecule has 3 aliphatic heterocycles. The molecule has 6 fully saturated rings. The highest BCUT2D eigenvalue weighted by atomic mass is 32.2. The molecule has 3 aliphatic carbocycles. The Morgan fingerprint density at radius 2 is 1.35 bits per heavy atom. The molecular formula is C45H63N3O5S. The van der Waals surface area contributed by atoms with Crippen LogP contribution in [0.3, 0.4) is 0 Å². The minimum atomic E-state index is -3.23. The van der Waals surface area contributed by atoms with E-state index in [0.717, 1.165) is 83.4 Å². The van der Waals surface area contributed by atoms with Crippen LogP contribution in [0, 0.1) is 22.7 Å². The second kappa shape index (κ2) is 17.0. The molecule has 2 aromatic carbocycles. The lowest BCUT2D eigenvalue weighted by molar-refractivity contribution is -0.139. The number of Topliss-reactive ketones (excluding diaryl/α,β-unsaturated/α-hetero) is 1. The maximum Gasteiger partial charge on any atom is 0.229 e. The van der Waals surface area contributed by atoms with Crippen molar-refractivity contribution in [2.75, 3.05) is 45.5 Å². The smallest absolute Gasteiger partial charge is 0.229 e. The molecule has 8 rings (SSSR count). The highest BCUT2D eigenvalue weighted by molar-refractivity contribution is 7.90. The number of ketones is 1. The van der Waals surface area contributed by atoms with Gasteiger partial charge in [0.25, 0.3) is 0 Å². The van der Waals surface area contributed by atoms with Crippen molar-refractivity contribution in [3.63, 3.8) is 0 Å². The predicted octanol–water partition coefficient (Wildman–Crippen LogP) is 7.81. The average Bonchev–Trinajstić information content (AvgIpc) is 3.75. The fraction of sp³-hybridized carbons (Fsp3) is 0.667. The topological polar surface area (TPSA) is 95.1 Å². The summed E-state index contributed by atoms with van der Waals surface area (Å²) in [6, 6.07) is 17.7. The van der Waals surface area contributed by atoms with Crippen molar-refractivity contribution in [3.05, 3.63) is 65.7 Å². The molecule has 0 N–H and O–H groups in total. The fourth-order valence-electron chi connectivity index (χ4n) is 10.9. The van der Waals surface area contributed by atoms with Gasteiger partial charge in [-0.05, 0) is 100 Å². The molecule has 3 saturated heterocycles. The quantitative estimate of drug-likeness (QED) is 0.268. The van der Waals surface area contributed by atoms with Crippen LogP contribution in [0.1, 0.15) is 126 Å². The summed E-state index contributed by atoms with van der Waals surface area (Å²) < 4.78 is 23.6. The van der Waals surface area contributed by atoms with Crippen molar-refractivity contribution in [1.82, 2.24) is 14.7 Å². The van der Waals surface area contributed by atoms with Gasteiger partial charge in [-0.25, -0.2) is 8.42 Å². The molecule has 2 aromatic rings. The first kappa shape index (κ1) is 39.2. The first-order valence-electron chi connectivity index (χ1n) is 21.2. The van der Waals surface area contributed by atoms with Gasteiger partial charge in [0, 0.05) is 62.7 Å². The number of benzene rings is 2. The third-order valence-corrected chi connectivity index (χ3v) is 15.4. The molecule has 0 bridgehead atoms. The molecule has 54 heavy (non-hydrogen) atoms. The molecular weight excluding hydrogens is 695 g/mol. The van der Waals surface area contributed by atoms with Gasteiger partial charge in [0.15, 0.2) is 9.84 Å². The molecule has 2 atom stereocenters. The highest BCUT2D eigenvalue weighted by Crippen LogP contribution is 2.46. The Hall–Kier alpha value is -3.04. The number of rotatable bonds is 7. The molecule has 3 saturated carbocycles. The summed E-state index contributed by atoms with van der Waals surface area (Å²) in [7, 11) is -3.23. The van der Waals surface area contributed by atoms with Crippen LogP contribution in [-0.2, 0) is 30.8 Å². The normalized spacial score (nSPS) is 26.2. The zero-order chi connectivity index (χ0) is 37.8. The van der Waals surface area contributed by atoms with E-state index in [1.54, 1.807) is 12.1 Å². The highest BCUT2D eigenvalue weighted by Gasteiger charge is 2.49. The number of carbonyl (C=O) groups excluding carboxylic acids is 3. The van der Waals surface area contributed by atoms with Crippen LogP contribution in [-0.4, -0.2) is 86.2 Å². The molecule has 3 heterocycles. The Kier molecular flexibility index (Phi) is 12.3. The second-order valence-electron chi connectivity index (χ2n) is 17.8. The largest absolute Gasteiger partial charge is 0.341 e. The van der Waals surface area contributed by atoms with Crippen molar-refractivity contribution in [2.24, 2.45) is 22.7 Å². The van der Waals surface area contributed by atoms with Gasteiger partial charge in [-0.15, -0.1) is 0 Å². The van der Waals surface area contributed by atoms with Gasteiger partial charge in [0.2, 0.25) is 11.8 Å². The van der Waals surface area contributed by atoms with Gasteiger partial charge >= 0.3 is 0 Å². The summed E-state index contributed by atoms with van der Waals surface area (Å²) in [5.41, 5.74) is 2.21. The number of hydrogen-bond donors (Lipinski definition) is 0. The third kappa shape index (κ3) is 8.83. The average molecular weight is 758 g/mol. The van der Waals surface area contributed by atoms with Crippen molar-refractivity contribution in [3.8, 4) is 0 Å². The second-order valence-corrected chi connectivity index (χ2v) is 19.8. The van der Waals surface area contributed by atoms with Crippen molar-refractivity contribution < 1.29 is 22.8 Å². The van der Waals surface area contributed by atoms with Crippen LogP contribution >= 0.6 is 0 Å². The lowest BCUT2D eigenvalue weighted by atomic mass is 9.72. The van der Waals surface area contributed by atoms with Crippen LogP contribution in [0.5, 0.6) is 0 Å². The van der Waals surface area contributed by atoms with Gasteiger partial charge in [-0.1, -0.05) is 87.4 Å². The molecule has 9 heteroatoms. The molecule has 6 aliphatic rings. The number of nitrogens with zero attached hydrogens (tertiary/aromatic N) is 3. The summed E-state index contributed by atoms with van der Waals surface area (Å²) >= 11 is 0. The summed E-state index contributed by atoms with van der Waals surface area (Å²) in [6.07, 6.45) is 20.4. The summed E-state index contributed by atoms with van der Waals surface area (Å²) in [4.78, 5) is 45.9. The molecule has 2 amide bonds. The van der Waals surface area contributed by atoms with Crippen LogP contribution < -0.4 is 0 Å². The third-order valence-electron chi connectivity index (χ3n) is 14.3. The summed E-state index contributed by atoms with van der Waals surface area (Å²) in [6.45, 7) is 5.73. The van der Waals surface area contributed by atoms with Crippen LogP contribution in [0.4, 0.5) is 0 Å². The summed E-state index contributed by atoms with van der Waals surface area (Å²) in [5, 5.41) is 0. The Labute approximate surface area is 324 Å². The summed E-state index contributed by atoms with van der Waals surface area (Å²) in [5.74, 6) is 2.16. The number of carbonyl (C=O) groups is 3. The molecule has 294 valence electrons. The van der Waals surface area contributed by atoms with Crippen LogP contribution in [0.25, 0.3) is 0 Å². The predicted molar refractivity (Wildman–Crippen MR) is 213 cm³/mol. The number of piperidine rings is 1. The Balaban J connectivity index is 0.000000348. The molecule has 2 spiro atoms. The molecule has 8 nitrogen and oxygen atoms in total. The van der Waals surface area contributed by atoms with E-state index in [-0.39, 0.29) is 22.7 Å². The number of sulfone groups is 1. The van der Waals surface area contributed by atoms with E-state index in [1.807, 2.05) is 17.0 Å². The Bertz CT molecular complexity index is 1700. The van der Waals surface area contributed by atoms with E-state index >= 15 is 0 Å². The van der Waals surface area contributed by atoms with Gasteiger partial charge in [-0.2, -0.15) is 0 Å². The number of likely N-dealkylation sites (tertiary alicyclic amines) is 3. The minimum Gasteiger partial charge on any atom is -0.341 e. The Morgan fingerprint density at radius 3 is 1.98 bits per heavy atom. The van der Waals surface area contributed by atoms with Crippen molar-refractivity contribution in [1.29, 1.82) is 0 Å². The maximum atomic E-state index is 13.7. The molecule has 2 unspecified atom stereocenters. The van der Waals surface area contributed by atoms with Gasteiger partial charge in [-0.3, -0.25) is 14.4 Å². The lowest BCUT2D eigenvalue weighted by Gasteiger charge is -2.39. The van der Waals surface area contributed by atoms with E-state index in [0.29, 0.717) is 35.0 Å². The van der Waals surface area contributed by atoms with E-state index in [9.17, 15) is 22.8 Å². The lowest BCUT2D eigenvalue weighted by Crippen LogP contribution is -2.46. The van der Waals surface area contributed by atoms with Crippen molar-refractivity contribution >= 4 is 27.4 Å². The molecule has 0 aromatic heterocycles.